The second kappa shape index (κ2) is 8.29. The zero-order valence-corrected chi connectivity index (χ0v) is 17.4. The molecule has 3 fully saturated rings. The minimum atomic E-state index is 0.0251. The van der Waals surface area contributed by atoms with Crippen molar-refractivity contribution in [1.29, 1.82) is 0 Å². The normalized spacial score (nSPS) is 29.7. The first-order valence-electron chi connectivity index (χ1n) is 10.1. The fourth-order valence-electron chi connectivity index (χ4n) is 4.45. The number of aryl methyl sites for hydroxylation is 1. The Bertz CT molecular complexity index is 788. The van der Waals surface area contributed by atoms with Gasteiger partial charge < -0.3 is 14.5 Å². The molecular weight excluding hydrogens is 372 g/mol. The van der Waals surface area contributed by atoms with Gasteiger partial charge in [0.15, 0.2) is 0 Å². The summed E-state index contributed by atoms with van der Waals surface area (Å²) >= 11 is 1.71. The summed E-state index contributed by atoms with van der Waals surface area (Å²) in [7, 11) is 1.90. The maximum atomic E-state index is 13.0. The van der Waals surface area contributed by atoms with Gasteiger partial charge in [-0.05, 0) is 43.4 Å². The van der Waals surface area contributed by atoms with Crippen molar-refractivity contribution in [3.05, 3.63) is 40.3 Å². The molecule has 0 aromatic heterocycles. The molecule has 3 atom stereocenters. The van der Waals surface area contributed by atoms with Crippen LogP contribution < -0.4 is 0 Å². The molecule has 150 valence electrons. The number of morpholine rings is 1. The zero-order valence-electron chi connectivity index (χ0n) is 16.6. The average molecular weight is 401 g/mol. The first kappa shape index (κ1) is 19.5. The lowest BCUT2D eigenvalue weighted by Gasteiger charge is -2.45. The number of ether oxygens (including phenoxy) is 1. The van der Waals surface area contributed by atoms with Crippen LogP contribution in [0.4, 0.5) is 0 Å². The van der Waals surface area contributed by atoms with Gasteiger partial charge in [-0.25, -0.2) is 0 Å². The SMILES string of the molecule is Cc1ccccc1/C=C1\SC2CCC(C(=O)N3CCOCC3)CC2N(C)C1=O. The predicted octanol–water partition coefficient (Wildman–Crippen LogP) is 2.94. The molecule has 0 spiro atoms. The number of nitrogens with zero attached hydrogens (tertiary/aromatic N) is 2. The number of likely N-dealkylation sites (N-methyl/N-ethyl adjacent to an activating group) is 1. The van der Waals surface area contributed by atoms with Crippen molar-refractivity contribution in [2.45, 2.75) is 37.5 Å². The predicted molar refractivity (Wildman–Crippen MR) is 112 cm³/mol. The highest BCUT2D eigenvalue weighted by molar-refractivity contribution is 8.04. The van der Waals surface area contributed by atoms with Gasteiger partial charge in [0.25, 0.3) is 5.91 Å². The summed E-state index contributed by atoms with van der Waals surface area (Å²) in [6.45, 7) is 4.71. The molecule has 5 nitrogen and oxygen atoms in total. The van der Waals surface area contributed by atoms with Crippen molar-refractivity contribution in [1.82, 2.24) is 9.80 Å². The summed E-state index contributed by atoms with van der Waals surface area (Å²) in [4.78, 5) is 30.5. The maximum absolute atomic E-state index is 13.0. The van der Waals surface area contributed by atoms with E-state index in [4.69, 9.17) is 4.74 Å². The molecule has 1 aliphatic carbocycles. The fraction of sp³-hybridized carbons (Fsp3) is 0.545. The van der Waals surface area contributed by atoms with Crippen LogP contribution in [0.15, 0.2) is 29.2 Å². The molecule has 3 aliphatic rings. The van der Waals surface area contributed by atoms with Gasteiger partial charge in [0.1, 0.15) is 0 Å². The summed E-state index contributed by atoms with van der Waals surface area (Å²) in [6.07, 6.45) is 4.68. The highest BCUT2D eigenvalue weighted by Gasteiger charge is 2.43. The van der Waals surface area contributed by atoms with Crippen LogP contribution in [0.3, 0.4) is 0 Å². The van der Waals surface area contributed by atoms with Crippen LogP contribution in [0, 0.1) is 12.8 Å². The Balaban J connectivity index is 1.47. The Morgan fingerprint density at radius 1 is 1.21 bits per heavy atom. The number of hydrogen-bond donors (Lipinski definition) is 0. The molecule has 28 heavy (non-hydrogen) atoms. The lowest BCUT2D eigenvalue weighted by molar-refractivity contribution is -0.142. The number of benzene rings is 1. The van der Waals surface area contributed by atoms with Crippen molar-refractivity contribution in [2.24, 2.45) is 5.92 Å². The van der Waals surface area contributed by atoms with E-state index in [1.54, 1.807) is 11.8 Å². The van der Waals surface area contributed by atoms with Crippen molar-refractivity contribution >= 4 is 29.7 Å². The molecule has 1 aromatic rings. The van der Waals surface area contributed by atoms with E-state index in [2.05, 4.69) is 19.1 Å². The second-order valence-corrected chi connectivity index (χ2v) is 9.23. The van der Waals surface area contributed by atoms with Crippen LogP contribution in [-0.2, 0) is 14.3 Å². The summed E-state index contributed by atoms with van der Waals surface area (Å²) in [5.41, 5.74) is 2.27. The molecular formula is C22H28N2O3S. The van der Waals surface area contributed by atoms with E-state index < -0.39 is 0 Å². The monoisotopic (exact) mass is 400 g/mol. The zero-order chi connectivity index (χ0) is 19.7. The fourth-order valence-corrected chi connectivity index (χ4v) is 5.92. The van der Waals surface area contributed by atoms with E-state index in [1.165, 1.54) is 5.56 Å². The van der Waals surface area contributed by atoms with Crippen LogP contribution in [-0.4, -0.2) is 66.3 Å². The molecule has 2 heterocycles. The summed E-state index contributed by atoms with van der Waals surface area (Å²) in [5.74, 6) is 0.347. The highest BCUT2D eigenvalue weighted by Crippen LogP contribution is 2.43. The van der Waals surface area contributed by atoms with E-state index >= 15 is 0 Å². The number of fused-ring (bicyclic) bond motifs is 1. The number of thioether (sulfide) groups is 1. The Hall–Kier alpha value is -1.79. The molecule has 1 saturated carbocycles. The van der Waals surface area contributed by atoms with E-state index in [0.29, 0.717) is 31.6 Å². The highest BCUT2D eigenvalue weighted by atomic mass is 32.2. The molecule has 0 radical (unpaired) electrons. The number of carbonyl (C=O) groups excluding carboxylic acids is 2. The van der Waals surface area contributed by atoms with Crippen LogP contribution in [0.1, 0.15) is 30.4 Å². The molecule has 4 rings (SSSR count). The Morgan fingerprint density at radius 3 is 2.71 bits per heavy atom. The van der Waals surface area contributed by atoms with Gasteiger partial charge in [-0.1, -0.05) is 24.3 Å². The van der Waals surface area contributed by atoms with Gasteiger partial charge in [0.2, 0.25) is 5.91 Å². The van der Waals surface area contributed by atoms with Crippen molar-refractivity contribution < 1.29 is 14.3 Å². The van der Waals surface area contributed by atoms with Gasteiger partial charge in [-0.2, -0.15) is 0 Å². The smallest absolute Gasteiger partial charge is 0.260 e. The van der Waals surface area contributed by atoms with Gasteiger partial charge in [0.05, 0.1) is 18.1 Å². The Labute approximate surface area is 171 Å². The molecule has 6 heteroatoms. The minimum Gasteiger partial charge on any atom is -0.378 e. The number of amides is 2. The van der Waals surface area contributed by atoms with Crippen molar-refractivity contribution in [3.63, 3.8) is 0 Å². The van der Waals surface area contributed by atoms with Crippen LogP contribution in [0.5, 0.6) is 0 Å². The minimum absolute atomic E-state index is 0.0251. The molecule has 0 bridgehead atoms. The number of hydrogen-bond acceptors (Lipinski definition) is 4. The van der Waals surface area contributed by atoms with E-state index in [1.807, 2.05) is 35.1 Å². The van der Waals surface area contributed by atoms with E-state index in [9.17, 15) is 9.59 Å². The molecule has 1 aromatic carbocycles. The number of rotatable bonds is 2. The third-order valence-corrected chi connectivity index (χ3v) is 7.61. The second-order valence-electron chi connectivity index (χ2n) is 7.95. The van der Waals surface area contributed by atoms with Gasteiger partial charge >= 0.3 is 0 Å². The Morgan fingerprint density at radius 2 is 1.96 bits per heavy atom. The van der Waals surface area contributed by atoms with Gasteiger partial charge in [-0.15, -0.1) is 11.8 Å². The molecule has 2 saturated heterocycles. The lowest BCUT2D eigenvalue weighted by Crippen LogP contribution is -2.53. The average Bonchev–Trinajstić information content (AvgIpc) is 2.73. The third kappa shape index (κ3) is 3.85. The van der Waals surface area contributed by atoms with Crippen LogP contribution in [0.25, 0.3) is 6.08 Å². The van der Waals surface area contributed by atoms with Crippen LogP contribution >= 0.6 is 11.8 Å². The molecule has 2 amide bonds. The van der Waals surface area contributed by atoms with Gasteiger partial charge in [0, 0.05) is 37.3 Å². The first-order valence-corrected chi connectivity index (χ1v) is 11.0. The lowest BCUT2D eigenvalue weighted by atomic mass is 9.83. The summed E-state index contributed by atoms with van der Waals surface area (Å²) in [6, 6.07) is 8.28. The standard InChI is InChI=1S/C22H28N2O3S/c1-15-5-3-4-6-16(15)14-20-22(26)23(2)18-13-17(7-8-19(18)28-20)21(25)24-9-11-27-12-10-24/h3-6,14,17-19H,7-13H2,1-2H3/b20-14-. The summed E-state index contributed by atoms with van der Waals surface area (Å²) in [5, 5.41) is 0.367. The molecule has 2 aliphatic heterocycles. The first-order chi connectivity index (χ1) is 13.5. The molecule has 0 N–H and O–H groups in total. The van der Waals surface area contributed by atoms with Crippen LogP contribution in [0.2, 0.25) is 0 Å². The quantitative estimate of drug-likeness (QED) is 0.717. The van der Waals surface area contributed by atoms with E-state index in [-0.39, 0.29) is 23.8 Å². The number of carbonyl (C=O) groups is 2. The van der Waals surface area contributed by atoms with E-state index in [0.717, 1.165) is 29.7 Å². The maximum Gasteiger partial charge on any atom is 0.260 e. The Kier molecular flexibility index (Phi) is 5.78. The third-order valence-electron chi connectivity index (χ3n) is 6.21. The van der Waals surface area contributed by atoms with Crippen molar-refractivity contribution in [2.75, 3.05) is 33.4 Å². The van der Waals surface area contributed by atoms with Gasteiger partial charge in [-0.3, -0.25) is 9.59 Å². The molecule has 3 unspecified atom stereocenters. The topological polar surface area (TPSA) is 49.9 Å². The van der Waals surface area contributed by atoms with Crippen molar-refractivity contribution in [3.8, 4) is 0 Å². The largest absolute Gasteiger partial charge is 0.378 e. The summed E-state index contributed by atoms with van der Waals surface area (Å²) < 4.78 is 5.37.